The summed E-state index contributed by atoms with van der Waals surface area (Å²) in [6.45, 7) is 8.76. The molecule has 1 aliphatic rings. The van der Waals surface area contributed by atoms with Gasteiger partial charge in [-0.25, -0.2) is 0 Å². The molecule has 0 N–H and O–H groups in total. The van der Waals surface area contributed by atoms with Gasteiger partial charge in [-0.15, -0.1) is 0 Å². The molecule has 0 aromatic heterocycles. The molecular weight excluding hydrogens is 278 g/mol. The second kappa shape index (κ2) is 6.81. The topological polar surface area (TPSA) is 20.3 Å². The van der Waals surface area contributed by atoms with Gasteiger partial charge in [-0.1, -0.05) is 43.8 Å². The third kappa shape index (κ3) is 2.98. The van der Waals surface area contributed by atoms with Gasteiger partial charge in [-0.2, -0.15) is 0 Å². The van der Waals surface area contributed by atoms with E-state index in [1.165, 1.54) is 5.56 Å². The van der Waals surface area contributed by atoms with E-state index in [0.29, 0.717) is 6.54 Å². The van der Waals surface area contributed by atoms with Crippen LogP contribution in [0, 0.1) is 6.92 Å². The van der Waals surface area contributed by atoms with Crippen LogP contribution in [0.2, 0.25) is 0 Å². The average molecular weight is 299 g/mol. The zero-order chi connectivity index (χ0) is 15.4. The van der Waals surface area contributed by atoms with E-state index in [1.807, 2.05) is 49.9 Å². The molecule has 0 bridgehead atoms. The first-order valence-electron chi connectivity index (χ1n) is 7.40. The molecule has 1 heterocycles. The van der Waals surface area contributed by atoms with Crippen LogP contribution in [0.1, 0.15) is 36.7 Å². The molecule has 0 fully saturated rings. The third-order valence-electron chi connectivity index (χ3n) is 3.30. The molecule has 0 atom stereocenters. The van der Waals surface area contributed by atoms with Crippen molar-refractivity contribution >= 4 is 23.4 Å². The Kier molecular flexibility index (Phi) is 5.07. The molecule has 3 heteroatoms. The Morgan fingerprint density at radius 3 is 2.48 bits per heavy atom. The molecule has 2 aromatic carbocycles. The van der Waals surface area contributed by atoms with Crippen molar-refractivity contribution < 1.29 is 4.79 Å². The highest BCUT2D eigenvalue weighted by Gasteiger charge is 2.25. The normalized spacial score (nSPS) is 12.8. The fourth-order valence-corrected chi connectivity index (χ4v) is 3.40. The van der Waals surface area contributed by atoms with Crippen LogP contribution in [0.5, 0.6) is 0 Å². The number of benzene rings is 2. The van der Waals surface area contributed by atoms with Crippen LogP contribution < -0.4 is 4.90 Å². The van der Waals surface area contributed by atoms with Crippen LogP contribution in [0.25, 0.3) is 0 Å². The van der Waals surface area contributed by atoms with Gasteiger partial charge in [0.15, 0.2) is 0 Å². The van der Waals surface area contributed by atoms with E-state index in [2.05, 4.69) is 25.1 Å². The Morgan fingerprint density at radius 2 is 1.76 bits per heavy atom. The Hall–Kier alpha value is -1.74. The van der Waals surface area contributed by atoms with Gasteiger partial charge in [0.2, 0.25) is 0 Å². The monoisotopic (exact) mass is 299 g/mol. The van der Waals surface area contributed by atoms with E-state index < -0.39 is 0 Å². The molecule has 3 rings (SSSR count). The molecule has 2 nitrogen and oxygen atoms in total. The van der Waals surface area contributed by atoms with Gasteiger partial charge in [-0.05, 0) is 43.7 Å². The number of fused-ring (bicyclic) bond motifs is 2. The predicted molar refractivity (Wildman–Crippen MR) is 90.4 cm³/mol. The van der Waals surface area contributed by atoms with Crippen LogP contribution in [-0.2, 0) is 0 Å². The first-order valence-corrected chi connectivity index (χ1v) is 8.21. The minimum absolute atomic E-state index is 0.0925. The Bertz CT molecular complexity index is 651. The summed E-state index contributed by atoms with van der Waals surface area (Å²) in [5.74, 6) is 0.0925. The van der Waals surface area contributed by atoms with Gasteiger partial charge >= 0.3 is 0 Å². The lowest BCUT2D eigenvalue weighted by Gasteiger charge is -2.21. The zero-order valence-electron chi connectivity index (χ0n) is 13.0. The highest BCUT2D eigenvalue weighted by atomic mass is 32.2. The largest absolute Gasteiger partial charge is 0.307 e. The molecule has 0 saturated heterocycles. The summed E-state index contributed by atoms with van der Waals surface area (Å²) in [7, 11) is 0. The molecular formula is C18H21NOS. The molecule has 0 saturated carbocycles. The van der Waals surface area contributed by atoms with Crippen LogP contribution in [0.4, 0.5) is 5.69 Å². The summed E-state index contributed by atoms with van der Waals surface area (Å²) in [4.78, 5) is 16.7. The Labute approximate surface area is 131 Å². The number of aryl methyl sites for hydroxylation is 1. The van der Waals surface area contributed by atoms with Crippen molar-refractivity contribution in [1.82, 2.24) is 0 Å². The van der Waals surface area contributed by atoms with Crippen molar-refractivity contribution in [2.24, 2.45) is 0 Å². The van der Waals surface area contributed by atoms with Crippen molar-refractivity contribution in [3.8, 4) is 0 Å². The molecule has 0 aliphatic carbocycles. The lowest BCUT2D eigenvalue weighted by Crippen LogP contribution is -2.30. The maximum Gasteiger partial charge on any atom is 0.259 e. The van der Waals surface area contributed by atoms with E-state index in [9.17, 15) is 4.79 Å². The molecule has 110 valence electrons. The zero-order valence-corrected chi connectivity index (χ0v) is 13.8. The quantitative estimate of drug-likeness (QED) is 0.725. The van der Waals surface area contributed by atoms with Gasteiger partial charge < -0.3 is 4.90 Å². The third-order valence-corrected chi connectivity index (χ3v) is 4.45. The maximum atomic E-state index is 12.7. The number of hydrogen-bond acceptors (Lipinski definition) is 2. The summed E-state index contributed by atoms with van der Waals surface area (Å²) in [5, 5.41) is 0. The average Bonchev–Trinajstić information content (AvgIpc) is 2.63. The van der Waals surface area contributed by atoms with E-state index >= 15 is 0 Å². The lowest BCUT2D eigenvalue weighted by molar-refractivity contribution is 0.0985. The predicted octanol–water partition coefficient (Wildman–Crippen LogP) is 5.15. The molecule has 2 aromatic rings. The van der Waals surface area contributed by atoms with E-state index in [4.69, 9.17) is 0 Å². The van der Waals surface area contributed by atoms with Crippen LogP contribution >= 0.6 is 11.8 Å². The first kappa shape index (κ1) is 15.6. The van der Waals surface area contributed by atoms with Crippen molar-refractivity contribution in [2.45, 2.75) is 37.5 Å². The molecule has 21 heavy (non-hydrogen) atoms. The summed E-state index contributed by atoms with van der Waals surface area (Å²) < 4.78 is 0. The lowest BCUT2D eigenvalue weighted by atomic mass is 10.1. The van der Waals surface area contributed by atoms with Crippen LogP contribution in [0.3, 0.4) is 0 Å². The molecule has 0 radical (unpaired) electrons. The minimum atomic E-state index is 0.0925. The van der Waals surface area contributed by atoms with Crippen molar-refractivity contribution in [3.63, 3.8) is 0 Å². The second-order valence-corrected chi connectivity index (χ2v) is 5.70. The number of anilines is 1. The van der Waals surface area contributed by atoms with Gasteiger partial charge in [0, 0.05) is 16.3 Å². The number of amides is 1. The highest BCUT2D eigenvalue weighted by molar-refractivity contribution is 7.99. The second-order valence-electron chi connectivity index (χ2n) is 4.62. The Balaban J connectivity index is 0.000000774. The molecule has 1 aliphatic heterocycles. The van der Waals surface area contributed by atoms with Gasteiger partial charge in [-0.3, -0.25) is 4.79 Å². The number of rotatable bonds is 1. The van der Waals surface area contributed by atoms with Crippen LogP contribution in [0.15, 0.2) is 52.3 Å². The summed E-state index contributed by atoms with van der Waals surface area (Å²) in [6, 6.07) is 14.1. The van der Waals surface area contributed by atoms with Gasteiger partial charge in [0.05, 0.1) is 11.3 Å². The highest BCUT2D eigenvalue weighted by Crippen LogP contribution is 2.41. The smallest absolute Gasteiger partial charge is 0.259 e. The minimum Gasteiger partial charge on any atom is -0.307 e. The Morgan fingerprint density at radius 1 is 1.05 bits per heavy atom. The first-order chi connectivity index (χ1) is 10.2. The summed E-state index contributed by atoms with van der Waals surface area (Å²) in [5.41, 5.74) is 2.99. The number of carbonyl (C=O) groups is 1. The van der Waals surface area contributed by atoms with Crippen molar-refractivity contribution in [1.29, 1.82) is 0 Å². The maximum absolute atomic E-state index is 12.7. The molecule has 0 unspecified atom stereocenters. The molecule has 1 amide bonds. The molecule has 0 spiro atoms. The van der Waals surface area contributed by atoms with E-state index in [0.717, 1.165) is 21.0 Å². The fourth-order valence-electron chi connectivity index (χ4n) is 2.34. The van der Waals surface area contributed by atoms with Crippen LogP contribution in [-0.4, -0.2) is 12.5 Å². The van der Waals surface area contributed by atoms with E-state index in [-0.39, 0.29) is 5.91 Å². The van der Waals surface area contributed by atoms with Crippen molar-refractivity contribution in [2.75, 3.05) is 11.4 Å². The fraction of sp³-hybridized carbons (Fsp3) is 0.278. The SMILES string of the molecule is CC.CCN1C(=O)c2ccccc2Sc2ccc(C)cc21. The van der Waals surface area contributed by atoms with Gasteiger partial charge in [0.1, 0.15) is 0 Å². The van der Waals surface area contributed by atoms with Crippen molar-refractivity contribution in [3.05, 3.63) is 53.6 Å². The number of carbonyl (C=O) groups excluding carboxylic acids is 1. The van der Waals surface area contributed by atoms with Gasteiger partial charge in [0.25, 0.3) is 5.91 Å². The summed E-state index contributed by atoms with van der Waals surface area (Å²) >= 11 is 1.67. The summed E-state index contributed by atoms with van der Waals surface area (Å²) in [6.07, 6.45) is 0. The van der Waals surface area contributed by atoms with E-state index in [1.54, 1.807) is 11.8 Å². The number of nitrogens with zero attached hydrogens (tertiary/aromatic N) is 1. The standard InChI is InChI=1S/C16H15NOS.C2H6/c1-3-17-13-10-11(2)8-9-15(13)19-14-7-5-4-6-12(14)16(17)18;1-2/h4-10H,3H2,1-2H3;1-2H3. The number of hydrogen-bond donors (Lipinski definition) is 0.